The molecule has 31 heavy (non-hydrogen) atoms. The molecule has 0 saturated carbocycles. The first-order valence-electron chi connectivity index (χ1n) is 12.0. The maximum Gasteiger partial charge on any atom is 0.215 e. The van der Waals surface area contributed by atoms with Crippen molar-refractivity contribution in [2.45, 2.75) is 20.2 Å². The van der Waals surface area contributed by atoms with Crippen LogP contribution in [0.4, 0.5) is 0 Å². The third-order valence-electron chi connectivity index (χ3n) is 6.35. The Labute approximate surface area is 186 Å². The van der Waals surface area contributed by atoms with E-state index in [-0.39, 0.29) is 0 Å². The molecule has 1 aliphatic heterocycles. The smallest absolute Gasteiger partial charge is 0.215 e. The molecule has 0 bridgehead atoms. The van der Waals surface area contributed by atoms with E-state index in [2.05, 4.69) is 48.0 Å². The minimum Gasteiger partial charge on any atom is -0.302 e. The Bertz CT molecular complexity index is 1630. The summed E-state index contributed by atoms with van der Waals surface area (Å²) >= 11 is 0. The van der Waals surface area contributed by atoms with Gasteiger partial charge in [0.2, 0.25) is 5.69 Å². The lowest BCUT2D eigenvalue weighted by Gasteiger charge is -2.14. The molecule has 3 heteroatoms. The average molecular weight is 406 g/mol. The summed E-state index contributed by atoms with van der Waals surface area (Å²) in [5.41, 5.74) is 7.21. The standard InChI is InChI=1S/C28H24N3/c1-18-17-30(3)24(16-23(18)20-10-5-4-6-11-20)26-19(2)21-12-7-8-13-22(21)27-28(26)31-15-9-14-25(31)29-27/h4-13,15-17H,14H2,1-3H3/q+1/i1D3. The maximum atomic E-state index is 8.19. The Morgan fingerprint density at radius 2 is 1.81 bits per heavy atom. The quantitative estimate of drug-likeness (QED) is 0.331. The van der Waals surface area contributed by atoms with Gasteiger partial charge in [-0.05, 0) is 35.9 Å². The van der Waals surface area contributed by atoms with Gasteiger partial charge in [0.25, 0.3) is 0 Å². The number of fused-ring (bicyclic) bond motifs is 5. The van der Waals surface area contributed by atoms with Gasteiger partial charge in [-0.3, -0.25) is 0 Å². The van der Waals surface area contributed by atoms with Gasteiger partial charge in [0.15, 0.2) is 6.20 Å². The molecule has 5 aromatic rings. The minimum absolute atomic E-state index is 0.345. The molecule has 3 nitrogen and oxygen atoms in total. The molecule has 3 heterocycles. The summed E-state index contributed by atoms with van der Waals surface area (Å²) in [4.78, 5) is 5.02. The van der Waals surface area contributed by atoms with Crippen molar-refractivity contribution in [3.8, 4) is 22.4 Å². The zero-order chi connectivity index (χ0) is 23.6. The third kappa shape index (κ3) is 2.59. The largest absolute Gasteiger partial charge is 0.302 e. The van der Waals surface area contributed by atoms with E-state index in [1.807, 2.05) is 48.0 Å². The van der Waals surface area contributed by atoms with E-state index in [0.29, 0.717) is 5.56 Å². The van der Waals surface area contributed by atoms with Crippen molar-refractivity contribution in [1.82, 2.24) is 9.55 Å². The second-order valence-electron chi connectivity index (χ2n) is 8.19. The lowest BCUT2D eigenvalue weighted by Crippen LogP contribution is -2.31. The molecular formula is C28H24N3+. The van der Waals surface area contributed by atoms with Crippen LogP contribution in [0.25, 0.3) is 50.4 Å². The van der Waals surface area contributed by atoms with Crippen LogP contribution < -0.4 is 4.57 Å². The average Bonchev–Trinajstić information content (AvgIpc) is 3.42. The predicted molar refractivity (Wildman–Crippen MR) is 128 cm³/mol. The topological polar surface area (TPSA) is 21.7 Å². The summed E-state index contributed by atoms with van der Waals surface area (Å²) in [6.45, 7) is -0.0780. The van der Waals surface area contributed by atoms with Crippen LogP contribution in [0.5, 0.6) is 0 Å². The minimum atomic E-state index is -2.23. The molecule has 0 atom stereocenters. The van der Waals surface area contributed by atoms with Crippen LogP contribution in [-0.2, 0) is 13.5 Å². The summed E-state index contributed by atoms with van der Waals surface area (Å²) in [6.07, 6.45) is 6.80. The van der Waals surface area contributed by atoms with E-state index in [1.165, 1.54) is 0 Å². The molecule has 2 aromatic heterocycles. The van der Waals surface area contributed by atoms with Gasteiger partial charge in [-0.1, -0.05) is 60.7 Å². The maximum absolute atomic E-state index is 8.19. The zero-order valence-electron chi connectivity index (χ0n) is 20.6. The van der Waals surface area contributed by atoms with Gasteiger partial charge in [0.05, 0.1) is 16.6 Å². The van der Waals surface area contributed by atoms with Crippen molar-refractivity contribution in [2.75, 3.05) is 0 Å². The Morgan fingerprint density at radius 3 is 2.61 bits per heavy atom. The highest BCUT2D eigenvalue weighted by Crippen LogP contribution is 2.40. The lowest BCUT2D eigenvalue weighted by atomic mass is 9.93. The predicted octanol–water partition coefficient (Wildman–Crippen LogP) is 5.99. The fraction of sp³-hybridized carbons (Fsp3) is 0.143. The van der Waals surface area contributed by atoms with E-state index in [4.69, 9.17) is 9.10 Å². The van der Waals surface area contributed by atoms with Gasteiger partial charge >= 0.3 is 0 Å². The van der Waals surface area contributed by atoms with Crippen LogP contribution in [0, 0.1) is 13.8 Å². The first kappa shape index (κ1) is 15.1. The van der Waals surface area contributed by atoms with Crippen molar-refractivity contribution in [2.24, 2.45) is 7.05 Å². The Hall–Kier alpha value is -3.72. The second kappa shape index (κ2) is 6.64. The molecule has 6 rings (SSSR count). The number of aryl methyl sites for hydroxylation is 3. The number of hydrogen-bond acceptors (Lipinski definition) is 1. The molecule has 0 spiro atoms. The van der Waals surface area contributed by atoms with Crippen LogP contribution in [-0.4, -0.2) is 9.55 Å². The van der Waals surface area contributed by atoms with Gasteiger partial charge in [-0.15, -0.1) is 0 Å². The molecule has 0 N–H and O–H groups in total. The molecule has 0 saturated heterocycles. The number of allylic oxidation sites excluding steroid dienone is 1. The van der Waals surface area contributed by atoms with E-state index < -0.39 is 6.85 Å². The highest BCUT2D eigenvalue weighted by molar-refractivity contribution is 6.13. The normalized spacial score (nSPS) is 14.6. The summed E-state index contributed by atoms with van der Waals surface area (Å²) < 4.78 is 28.7. The summed E-state index contributed by atoms with van der Waals surface area (Å²) in [6, 6.07) is 20.2. The first-order valence-corrected chi connectivity index (χ1v) is 10.5. The summed E-state index contributed by atoms with van der Waals surface area (Å²) in [7, 11) is 1.93. The molecule has 150 valence electrons. The molecule has 0 aliphatic carbocycles. The Morgan fingerprint density at radius 1 is 1.03 bits per heavy atom. The molecular weight excluding hydrogens is 378 g/mol. The Balaban J connectivity index is 1.76. The fourth-order valence-electron chi connectivity index (χ4n) is 4.87. The van der Waals surface area contributed by atoms with E-state index in [9.17, 15) is 0 Å². The number of pyridine rings is 1. The molecule has 0 amide bonds. The van der Waals surface area contributed by atoms with Crippen molar-refractivity contribution in [3.05, 3.63) is 89.9 Å². The van der Waals surface area contributed by atoms with E-state index in [1.54, 1.807) is 6.20 Å². The van der Waals surface area contributed by atoms with Gasteiger partial charge in [-0.2, -0.15) is 0 Å². The van der Waals surface area contributed by atoms with Crippen LogP contribution >= 0.6 is 0 Å². The van der Waals surface area contributed by atoms with Gasteiger partial charge in [-0.25, -0.2) is 9.55 Å². The fourth-order valence-corrected chi connectivity index (χ4v) is 4.87. The van der Waals surface area contributed by atoms with Gasteiger partial charge in [0, 0.05) is 33.7 Å². The molecule has 0 unspecified atom stereocenters. The second-order valence-corrected chi connectivity index (χ2v) is 8.19. The number of nitrogens with zero attached hydrogens (tertiary/aromatic N) is 3. The first-order chi connectivity index (χ1) is 16.3. The van der Waals surface area contributed by atoms with Crippen LogP contribution in [0.2, 0.25) is 0 Å². The Kier molecular flexibility index (Phi) is 3.24. The monoisotopic (exact) mass is 405 g/mol. The SMILES string of the molecule is [2H]C([2H])([2H])c1c[n+](C)c(-c2c(C)c3ccccc3c3nc4n(c23)C=CC4)cc1-c1ccccc1. The molecule has 0 fully saturated rings. The van der Waals surface area contributed by atoms with Crippen LogP contribution in [0.3, 0.4) is 0 Å². The highest BCUT2D eigenvalue weighted by Gasteiger charge is 2.26. The molecule has 3 aromatic carbocycles. The van der Waals surface area contributed by atoms with Crippen molar-refractivity contribution in [1.29, 1.82) is 0 Å². The van der Waals surface area contributed by atoms with E-state index >= 15 is 0 Å². The van der Waals surface area contributed by atoms with Crippen molar-refractivity contribution < 1.29 is 8.68 Å². The van der Waals surface area contributed by atoms with Crippen LogP contribution in [0.1, 0.15) is 21.1 Å². The molecule has 0 radical (unpaired) electrons. The highest BCUT2D eigenvalue weighted by atomic mass is 15.1. The lowest BCUT2D eigenvalue weighted by molar-refractivity contribution is -0.660. The third-order valence-corrected chi connectivity index (χ3v) is 6.35. The van der Waals surface area contributed by atoms with Gasteiger partial charge in [0.1, 0.15) is 12.9 Å². The molecule has 1 aliphatic rings. The zero-order valence-corrected chi connectivity index (χ0v) is 17.6. The summed E-state index contributed by atoms with van der Waals surface area (Å²) in [5.74, 6) is 1.03. The number of imidazole rings is 1. The van der Waals surface area contributed by atoms with Crippen molar-refractivity contribution >= 4 is 28.0 Å². The van der Waals surface area contributed by atoms with Gasteiger partial charge < -0.3 is 4.57 Å². The number of benzene rings is 3. The number of hydrogen-bond donors (Lipinski definition) is 0. The van der Waals surface area contributed by atoms with E-state index in [0.717, 1.165) is 62.0 Å². The number of aromatic nitrogens is 3. The number of rotatable bonds is 2. The van der Waals surface area contributed by atoms with Crippen LogP contribution in [0.15, 0.2) is 72.9 Å². The van der Waals surface area contributed by atoms with Crippen molar-refractivity contribution in [3.63, 3.8) is 0 Å². The summed E-state index contributed by atoms with van der Waals surface area (Å²) in [5, 5.41) is 2.30.